The highest BCUT2D eigenvalue weighted by Crippen LogP contribution is 2.38. The minimum absolute atomic E-state index is 0.0302. The van der Waals surface area contributed by atoms with E-state index in [1.807, 2.05) is 13.8 Å². The lowest BCUT2D eigenvalue weighted by molar-refractivity contribution is 0.0941. The molecule has 2 aliphatic rings. The number of carbonyl (C=O) groups is 2. The molecule has 172 valence electrons. The predicted molar refractivity (Wildman–Crippen MR) is 126 cm³/mol. The zero-order valence-corrected chi connectivity index (χ0v) is 19.9. The van der Waals surface area contributed by atoms with Gasteiger partial charge in [-0.05, 0) is 75.8 Å². The summed E-state index contributed by atoms with van der Waals surface area (Å²) in [6.07, 6.45) is 4.19. The summed E-state index contributed by atoms with van der Waals surface area (Å²) in [7, 11) is -3.10. The SMILES string of the molecule is CC(C)Oc1ccc(C(=O)Nc2sc3c(c2C(=O)N[C@@H]2CCS(=O)(=O)C2)CCCC3)cc1. The van der Waals surface area contributed by atoms with Gasteiger partial charge in [0.05, 0.1) is 23.2 Å². The highest BCUT2D eigenvalue weighted by Gasteiger charge is 2.32. The molecule has 0 radical (unpaired) electrons. The van der Waals surface area contributed by atoms with Gasteiger partial charge in [0.2, 0.25) is 0 Å². The number of nitrogens with one attached hydrogen (secondary N) is 2. The molecule has 0 unspecified atom stereocenters. The highest BCUT2D eigenvalue weighted by atomic mass is 32.2. The number of amides is 2. The van der Waals surface area contributed by atoms with E-state index in [0.29, 0.717) is 28.3 Å². The molecule has 2 N–H and O–H groups in total. The fourth-order valence-electron chi connectivity index (χ4n) is 4.19. The summed E-state index contributed by atoms with van der Waals surface area (Å²) in [4.78, 5) is 27.2. The Morgan fingerprint density at radius 2 is 1.81 bits per heavy atom. The van der Waals surface area contributed by atoms with Crippen LogP contribution in [-0.4, -0.2) is 43.9 Å². The van der Waals surface area contributed by atoms with E-state index in [-0.39, 0.29) is 35.5 Å². The normalized spacial score (nSPS) is 19.4. The average molecular weight is 477 g/mol. The number of aryl methyl sites for hydroxylation is 1. The highest BCUT2D eigenvalue weighted by molar-refractivity contribution is 7.91. The van der Waals surface area contributed by atoms with Crippen molar-refractivity contribution in [1.29, 1.82) is 0 Å². The largest absolute Gasteiger partial charge is 0.491 e. The lowest BCUT2D eigenvalue weighted by atomic mass is 9.95. The van der Waals surface area contributed by atoms with E-state index < -0.39 is 9.84 Å². The van der Waals surface area contributed by atoms with Crippen molar-refractivity contribution < 1.29 is 22.7 Å². The molecule has 1 atom stereocenters. The van der Waals surface area contributed by atoms with Gasteiger partial charge < -0.3 is 15.4 Å². The maximum Gasteiger partial charge on any atom is 0.256 e. The third-order valence-electron chi connectivity index (χ3n) is 5.68. The molecular weight excluding hydrogens is 448 g/mol. The monoisotopic (exact) mass is 476 g/mol. The van der Waals surface area contributed by atoms with Gasteiger partial charge in [-0.3, -0.25) is 9.59 Å². The Hall–Kier alpha value is -2.39. The van der Waals surface area contributed by atoms with E-state index in [1.54, 1.807) is 24.3 Å². The van der Waals surface area contributed by atoms with Crippen LogP contribution in [0.25, 0.3) is 0 Å². The van der Waals surface area contributed by atoms with Crippen LogP contribution >= 0.6 is 11.3 Å². The third kappa shape index (κ3) is 5.15. The standard InChI is InChI=1S/C23H28N2O5S2/c1-14(2)30-17-9-7-15(8-10-17)21(26)25-23-20(18-5-3-4-6-19(18)31-23)22(27)24-16-11-12-32(28,29)13-16/h7-10,14,16H,3-6,11-13H2,1-2H3,(H,24,27)(H,25,26)/t16-/m1/s1. The van der Waals surface area contributed by atoms with Crippen LogP contribution < -0.4 is 15.4 Å². The topological polar surface area (TPSA) is 102 Å². The smallest absolute Gasteiger partial charge is 0.256 e. The number of ether oxygens (including phenoxy) is 1. The van der Waals surface area contributed by atoms with Crippen LogP contribution in [0.3, 0.4) is 0 Å². The molecule has 0 spiro atoms. The van der Waals surface area contributed by atoms with Gasteiger partial charge in [-0.15, -0.1) is 11.3 Å². The quantitative estimate of drug-likeness (QED) is 0.664. The Kier molecular flexibility index (Phi) is 6.57. The first-order valence-electron chi connectivity index (χ1n) is 11.0. The summed E-state index contributed by atoms with van der Waals surface area (Å²) in [6, 6.07) is 6.52. The van der Waals surface area contributed by atoms with Crippen molar-refractivity contribution in [3.05, 3.63) is 45.8 Å². The Labute approximate surface area is 192 Å². The van der Waals surface area contributed by atoms with Crippen molar-refractivity contribution >= 4 is 38.0 Å². The molecule has 32 heavy (non-hydrogen) atoms. The number of hydrogen-bond acceptors (Lipinski definition) is 6. The first kappa shape index (κ1) is 22.8. The minimum Gasteiger partial charge on any atom is -0.491 e. The van der Waals surface area contributed by atoms with Gasteiger partial charge >= 0.3 is 0 Å². The molecule has 1 saturated heterocycles. The number of thiophene rings is 1. The summed E-state index contributed by atoms with van der Waals surface area (Å²) in [5.74, 6) is 0.159. The van der Waals surface area contributed by atoms with Gasteiger partial charge in [-0.25, -0.2) is 8.42 Å². The molecule has 1 aliphatic carbocycles. The van der Waals surface area contributed by atoms with E-state index in [4.69, 9.17) is 4.74 Å². The molecule has 2 heterocycles. The lowest BCUT2D eigenvalue weighted by Gasteiger charge is -2.15. The van der Waals surface area contributed by atoms with Gasteiger partial charge in [0.15, 0.2) is 9.84 Å². The van der Waals surface area contributed by atoms with E-state index in [1.165, 1.54) is 11.3 Å². The van der Waals surface area contributed by atoms with Crippen LogP contribution in [0.1, 0.15) is 64.3 Å². The van der Waals surface area contributed by atoms with Crippen LogP contribution in [0.4, 0.5) is 5.00 Å². The van der Waals surface area contributed by atoms with Crippen molar-refractivity contribution in [3.8, 4) is 5.75 Å². The molecule has 1 fully saturated rings. The van der Waals surface area contributed by atoms with Gasteiger partial charge in [-0.1, -0.05) is 0 Å². The fourth-order valence-corrected chi connectivity index (χ4v) is 7.15. The second-order valence-corrected chi connectivity index (χ2v) is 12.0. The maximum absolute atomic E-state index is 13.2. The van der Waals surface area contributed by atoms with Crippen LogP contribution in [-0.2, 0) is 22.7 Å². The summed E-state index contributed by atoms with van der Waals surface area (Å²) in [5.41, 5.74) is 1.94. The molecular formula is C23H28N2O5S2. The second kappa shape index (κ2) is 9.23. The molecule has 1 aromatic heterocycles. The van der Waals surface area contributed by atoms with Crippen LogP contribution in [0, 0.1) is 0 Å². The molecule has 4 rings (SSSR count). The van der Waals surface area contributed by atoms with E-state index in [2.05, 4.69) is 10.6 Å². The summed E-state index contributed by atoms with van der Waals surface area (Å²) in [5, 5.41) is 6.34. The van der Waals surface area contributed by atoms with E-state index >= 15 is 0 Å². The second-order valence-electron chi connectivity index (χ2n) is 8.63. The third-order valence-corrected chi connectivity index (χ3v) is 8.66. The molecule has 2 amide bonds. The van der Waals surface area contributed by atoms with E-state index in [9.17, 15) is 18.0 Å². The molecule has 9 heteroatoms. The van der Waals surface area contributed by atoms with Crippen molar-refractivity contribution in [2.24, 2.45) is 0 Å². The lowest BCUT2D eigenvalue weighted by Crippen LogP contribution is -2.36. The van der Waals surface area contributed by atoms with Gasteiger partial charge in [0.1, 0.15) is 10.8 Å². The zero-order chi connectivity index (χ0) is 22.9. The van der Waals surface area contributed by atoms with Crippen LogP contribution in [0.2, 0.25) is 0 Å². The van der Waals surface area contributed by atoms with Gasteiger partial charge in [0, 0.05) is 16.5 Å². The Balaban J connectivity index is 1.55. The number of carbonyl (C=O) groups excluding carboxylic acids is 2. The van der Waals surface area contributed by atoms with Gasteiger partial charge in [0.25, 0.3) is 11.8 Å². The zero-order valence-electron chi connectivity index (χ0n) is 18.3. The average Bonchev–Trinajstić information content (AvgIpc) is 3.26. The molecule has 1 aromatic carbocycles. The van der Waals surface area contributed by atoms with Gasteiger partial charge in [-0.2, -0.15) is 0 Å². The first-order valence-corrected chi connectivity index (χ1v) is 13.6. The Morgan fingerprint density at radius 3 is 2.47 bits per heavy atom. The number of fused-ring (bicyclic) bond motifs is 1. The van der Waals surface area contributed by atoms with Crippen LogP contribution in [0.5, 0.6) is 5.75 Å². The Bertz CT molecular complexity index is 1120. The molecule has 0 bridgehead atoms. The molecule has 7 nitrogen and oxygen atoms in total. The number of sulfone groups is 1. The van der Waals surface area contributed by atoms with Crippen molar-refractivity contribution in [2.75, 3.05) is 16.8 Å². The van der Waals surface area contributed by atoms with Crippen molar-refractivity contribution in [2.45, 2.75) is 58.1 Å². The molecule has 0 saturated carbocycles. The minimum atomic E-state index is -3.10. The number of anilines is 1. The summed E-state index contributed by atoms with van der Waals surface area (Å²) in [6.45, 7) is 3.87. The van der Waals surface area contributed by atoms with Crippen molar-refractivity contribution in [1.82, 2.24) is 5.32 Å². The number of benzene rings is 1. The first-order chi connectivity index (χ1) is 15.2. The summed E-state index contributed by atoms with van der Waals surface area (Å²) >= 11 is 1.45. The summed E-state index contributed by atoms with van der Waals surface area (Å²) < 4.78 is 29.2. The molecule has 1 aliphatic heterocycles. The predicted octanol–water partition coefficient (Wildman–Crippen LogP) is 3.58. The fraction of sp³-hybridized carbons (Fsp3) is 0.478. The van der Waals surface area contributed by atoms with Crippen LogP contribution in [0.15, 0.2) is 24.3 Å². The van der Waals surface area contributed by atoms with E-state index in [0.717, 1.165) is 36.1 Å². The van der Waals surface area contributed by atoms with Crippen molar-refractivity contribution in [3.63, 3.8) is 0 Å². The number of hydrogen-bond donors (Lipinski definition) is 2. The Morgan fingerprint density at radius 1 is 1.09 bits per heavy atom. The molecule has 2 aromatic rings. The maximum atomic E-state index is 13.2. The number of rotatable bonds is 6.